The van der Waals surface area contributed by atoms with Crippen LogP contribution in [-0.4, -0.2) is 28.4 Å². The van der Waals surface area contributed by atoms with Gasteiger partial charge in [-0.15, -0.1) is 0 Å². The fourth-order valence-corrected chi connectivity index (χ4v) is 5.10. The van der Waals surface area contributed by atoms with Gasteiger partial charge in [0.05, 0.1) is 12.1 Å². The average molecular weight is 418 g/mol. The Kier molecular flexibility index (Phi) is 5.26. The van der Waals surface area contributed by atoms with E-state index in [1.54, 1.807) is 12.1 Å². The third-order valence-electron chi connectivity index (χ3n) is 6.64. The minimum absolute atomic E-state index is 0.0443. The van der Waals surface area contributed by atoms with Gasteiger partial charge >= 0.3 is 0 Å². The van der Waals surface area contributed by atoms with Gasteiger partial charge in [0.1, 0.15) is 11.5 Å². The molecule has 0 fully saturated rings. The quantitative estimate of drug-likeness (QED) is 0.577. The molecule has 4 nitrogen and oxygen atoms in total. The topological polar surface area (TPSA) is 48.1 Å². The van der Waals surface area contributed by atoms with Crippen LogP contribution in [0.3, 0.4) is 0 Å². The van der Waals surface area contributed by atoms with E-state index in [1.165, 1.54) is 11.3 Å². The highest BCUT2D eigenvalue weighted by Crippen LogP contribution is 2.33. The van der Waals surface area contributed by atoms with Gasteiger partial charge in [-0.2, -0.15) is 0 Å². The number of allylic oxidation sites excluding steroid dienone is 1. The zero-order chi connectivity index (χ0) is 21.4. The molecule has 3 aromatic rings. The van der Waals surface area contributed by atoms with E-state index >= 15 is 0 Å². The smallest absolute Gasteiger partial charge is 0.270 e. The Balaban J connectivity index is 1.34. The summed E-state index contributed by atoms with van der Waals surface area (Å²) in [7, 11) is 0. The summed E-state index contributed by atoms with van der Waals surface area (Å²) in [5.74, 6) is -0.117. The first-order valence-corrected chi connectivity index (χ1v) is 11.3. The van der Waals surface area contributed by atoms with E-state index in [0.29, 0.717) is 12.2 Å². The highest BCUT2D eigenvalue weighted by atomic mass is 19.1. The number of rotatable bonds is 5. The molecule has 2 atom stereocenters. The van der Waals surface area contributed by atoms with Gasteiger partial charge < -0.3 is 15.2 Å². The summed E-state index contributed by atoms with van der Waals surface area (Å²) in [4.78, 5) is 18.5. The molecule has 1 amide bonds. The molecule has 0 spiro atoms. The molecular weight excluding hydrogens is 389 g/mol. The number of halogens is 1. The lowest BCUT2D eigenvalue weighted by atomic mass is 9.97. The first kappa shape index (κ1) is 19.9. The second kappa shape index (κ2) is 8.22. The van der Waals surface area contributed by atoms with Crippen LogP contribution < -0.4 is 5.32 Å². The largest absolute Gasteiger partial charge is 0.382 e. The number of hydrogen-bond acceptors (Lipinski definition) is 2. The number of aryl methyl sites for hydroxylation is 1. The number of likely N-dealkylation sites (N-methyl/N-ethyl adjacent to an activating group) is 1. The zero-order valence-electron chi connectivity index (χ0n) is 17.8. The maximum absolute atomic E-state index is 13.5. The van der Waals surface area contributed by atoms with Crippen LogP contribution in [0.5, 0.6) is 0 Å². The van der Waals surface area contributed by atoms with Crippen LogP contribution in [0.15, 0.2) is 60.3 Å². The number of fused-ring (bicyclic) bond motifs is 2. The van der Waals surface area contributed by atoms with Crippen molar-refractivity contribution in [2.75, 3.05) is 6.54 Å². The molecule has 31 heavy (non-hydrogen) atoms. The third kappa shape index (κ3) is 3.85. The molecular formula is C26H28FN3O. The standard InChI is InChI=1S/C26H28FN3O/c1-2-30(26(31)25-15-18-6-3-4-9-23(18)29-25)21-8-5-7-20(16-21)28-24-13-10-17-14-19(27)11-12-22(17)24/h3-4,6,9,11-12,14-16,21,24,28-29H,2,5,7-8,10,13H2,1H3/t21-,24-/m0/s1. The van der Waals surface area contributed by atoms with Crippen molar-refractivity contribution in [1.29, 1.82) is 0 Å². The molecule has 1 heterocycles. The number of carbonyl (C=O) groups is 1. The van der Waals surface area contributed by atoms with Crippen molar-refractivity contribution in [3.05, 3.63) is 82.9 Å². The normalized spacial score (nSPS) is 20.4. The minimum atomic E-state index is -0.162. The third-order valence-corrected chi connectivity index (χ3v) is 6.64. The number of aromatic nitrogens is 1. The van der Waals surface area contributed by atoms with E-state index in [9.17, 15) is 9.18 Å². The summed E-state index contributed by atoms with van der Waals surface area (Å²) in [6, 6.07) is 15.3. The van der Waals surface area contributed by atoms with Crippen molar-refractivity contribution in [3.8, 4) is 0 Å². The van der Waals surface area contributed by atoms with Gasteiger partial charge in [0.25, 0.3) is 5.91 Å². The number of hydrogen-bond donors (Lipinski definition) is 2. The number of amides is 1. The molecule has 2 aliphatic rings. The number of benzene rings is 2. The Hall–Kier alpha value is -3.08. The SMILES string of the molecule is CCN(C(=O)c1cc2ccccc2[nH]1)[C@@H]1C=C(N[C@H]2CCc3cc(F)ccc32)CCC1. The predicted molar refractivity (Wildman–Crippen MR) is 121 cm³/mol. The zero-order valence-corrected chi connectivity index (χ0v) is 17.8. The van der Waals surface area contributed by atoms with E-state index in [1.807, 2.05) is 48.2 Å². The van der Waals surface area contributed by atoms with Gasteiger partial charge in [0.2, 0.25) is 0 Å². The number of nitrogens with zero attached hydrogens (tertiary/aromatic N) is 1. The van der Waals surface area contributed by atoms with Crippen LogP contribution in [0.4, 0.5) is 4.39 Å². The number of H-pyrrole nitrogens is 1. The second-order valence-corrected chi connectivity index (χ2v) is 8.59. The van der Waals surface area contributed by atoms with E-state index in [-0.39, 0.29) is 23.8 Å². The summed E-state index contributed by atoms with van der Waals surface area (Å²) in [5.41, 5.74) is 5.13. The van der Waals surface area contributed by atoms with E-state index in [4.69, 9.17) is 0 Å². The molecule has 5 rings (SSSR count). The lowest BCUT2D eigenvalue weighted by Crippen LogP contribution is -2.41. The van der Waals surface area contributed by atoms with Crippen LogP contribution >= 0.6 is 0 Å². The molecule has 0 saturated heterocycles. The fourth-order valence-electron chi connectivity index (χ4n) is 5.10. The Labute approximate surface area is 182 Å². The van der Waals surface area contributed by atoms with Crippen molar-refractivity contribution in [2.45, 2.75) is 51.1 Å². The molecule has 2 aromatic carbocycles. The maximum Gasteiger partial charge on any atom is 0.270 e. The van der Waals surface area contributed by atoms with Gasteiger partial charge in [0.15, 0.2) is 0 Å². The van der Waals surface area contributed by atoms with Crippen molar-refractivity contribution < 1.29 is 9.18 Å². The molecule has 0 saturated carbocycles. The minimum Gasteiger partial charge on any atom is -0.382 e. The van der Waals surface area contributed by atoms with E-state index in [2.05, 4.69) is 16.4 Å². The maximum atomic E-state index is 13.5. The molecule has 5 heteroatoms. The first-order valence-electron chi connectivity index (χ1n) is 11.3. The number of nitrogens with one attached hydrogen (secondary N) is 2. The van der Waals surface area contributed by atoms with Crippen LogP contribution in [0.2, 0.25) is 0 Å². The summed E-state index contributed by atoms with van der Waals surface area (Å²) in [6.45, 7) is 2.70. The number of aromatic amines is 1. The van der Waals surface area contributed by atoms with E-state index in [0.717, 1.165) is 48.6 Å². The Bertz CT molecular complexity index is 1120. The van der Waals surface area contributed by atoms with Crippen molar-refractivity contribution >= 4 is 16.8 Å². The van der Waals surface area contributed by atoms with E-state index < -0.39 is 0 Å². The van der Waals surface area contributed by atoms with Crippen LogP contribution in [0.25, 0.3) is 10.9 Å². The molecule has 2 N–H and O–H groups in total. The lowest BCUT2D eigenvalue weighted by molar-refractivity contribution is 0.0706. The molecule has 0 bridgehead atoms. The van der Waals surface area contributed by atoms with Gasteiger partial charge in [0, 0.05) is 23.1 Å². The number of carbonyl (C=O) groups excluding carboxylic acids is 1. The second-order valence-electron chi connectivity index (χ2n) is 8.59. The summed E-state index contributed by atoms with van der Waals surface area (Å²) in [5, 5.41) is 4.75. The van der Waals surface area contributed by atoms with Crippen molar-refractivity contribution in [2.24, 2.45) is 0 Å². The van der Waals surface area contributed by atoms with Gasteiger partial charge in [-0.25, -0.2) is 4.39 Å². The fraction of sp³-hybridized carbons (Fsp3) is 0.346. The summed E-state index contributed by atoms with van der Waals surface area (Å²) in [6.07, 6.45) is 7.12. The monoisotopic (exact) mass is 417 g/mol. The van der Waals surface area contributed by atoms with Gasteiger partial charge in [-0.05, 0) is 80.5 Å². The van der Waals surface area contributed by atoms with Crippen LogP contribution in [-0.2, 0) is 6.42 Å². The van der Waals surface area contributed by atoms with Gasteiger partial charge in [-0.1, -0.05) is 24.3 Å². The number of para-hydroxylation sites is 1. The Morgan fingerprint density at radius 2 is 2.03 bits per heavy atom. The predicted octanol–water partition coefficient (Wildman–Crippen LogP) is 5.48. The van der Waals surface area contributed by atoms with Crippen molar-refractivity contribution in [1.82, 2.24) is 15.2 Å². The summed E-state index contributed by atoms with van der Waals surface area (Å²) >= 11 is 0. The van der Waals surface area contributed by atoms with Gasteiger partial charge in [-0.3, -0.25) is 4.79 Å². The summed E-state index contributed by atoms with van der Waals surface area (Å²) < 4.78 is 13.5. The molecule has 2 aliphatic carbocycles. The average Bonchev–Trinajstić information content (AvgIpc) is 3.38. The Morgan fingerprint density at radius 3 is 2.87 bits per heavy atom. The highest BCUT2D eigenvalue weighted by Gasteiger charge is 2.28. The lowest BCUT2D eigenvalue weighted by Gasteiger charge is -2.33. The van der Waals surface area contributed by atoms with Crippen molar-refractivity contribution in [3.63, 3.8) is 0 Å². The molecule has 0 radical (unpaired) electrons. The van der Waals surface area contributed by atoms with Crippen LogP contribution in [0.1, 0.15) is 60.3 Å². The van der Waals surface area contributed by atoms with Crippen LogP contribution in [0, 0.1) is 5.82 Å². The Morgan fingerprint density at radius 1 is 1.16 bits per heavy atom. The highest BCUT2D eigenvalue weighted by molar-refractivity contribution is 5.98. The molecule has 0 unspecified atom stereocenters. The molecule has 160 valence electrons. The molecule has 1 aromatic heterocycles. The molecule has 0 aliphatic heterocycles. The first-order chi connectivity index (χ1) is 15.1.